The van der Waals surface area contributed by atoms with Crippen molar-refractivity contribution in [3.8, 4) is 0 Å². The number of nitrogens with zero attached hydrogens (tertiary/aromatic N) is 2. The van der Waals surface area contributed by atoms with Gasteiger partial charge in [0.25, 0.3) is 22.2 Å². The standard InChI is InChI=1S/C24H26N2O6.C6H14O3/c27-13-5-1-3-11-25-21(29)15-7-8-16(22(25)30)20-18-10-9-17(19(15)20)23(31)26(24(18)32)12-4-2-6-14-28;1-2-6(3-7,4-8)5-9/h7-10,27-28H,1-6,11-14H2;7-9H,2-5H2,1H3. The maximum absolute atomic E-state index is 13.3. The van der Waals surface area contributed by atoms with Crippen molar-refractivity contribution in [3.05, 3.63) is 65.7 Å². The first-order valence-electron chi connectivity index (χ1n) is 14.1. The van der Waals surface area contributed by atoms with E-state index in [0.717, 1.165) is 0 Å². The van der Waals surface area contributed by atoms with Crippen LogP contribution in [0.2, 0.25) is 0 Å². The molecule has 0 saturated heterocycles. The molecule has 6 rings (SSSR count). The van der Waals surface area contributed by atoms with Crippen molar-refractivity contribution in [1.29, 1.82) is 0 Å². The Morgan fingerprint density at radius 3 is 1.07 bits per heavy atom. The Bertz CT molecular complexity index is 1430. The van der Waals surface area contributed by atoms with Gasteiger partial charge in [0, 0.05) is 64.0 Å². The van der Waals surface area contributed by atoms with Crippen molar-refractivity contribution in [2.45, 2.75) is 65.0 Å². The highest BCUT2D eigenvalue weighted by Gasteiger charge is 2.25. The molecule has 0 radical (unpaired) electrons. The van der Waals surface area contributed by atoms with Gasteiger partial charge in [0.2, 0.25) is 0 Å². The molecule has 4 bridgehead atoms. The van der Waals surface area contributed by atoms with Gasteiger partial charge in [0.15, 0.2) is 0 Å². The van der Waals surface area contributed by atoms with E-state index in [4.69, 9.17) is 25.5 Å². The van der Waals surface area contributed by atoms with Crippen LogP contribution in [0.4, 0.5) is 0 Å². The van der Waals surface area contributed by atoms with Gasteiger partial charge in [-0.1, -0.05) is 6.92 Å². The Kier molecular flexibility index (Phi) is 11.5. The number of unbranched alkanes of at least 4 members (excludes halogenated alkanes) is 4. The average Bonchev–Trinajstić information content (AvgIpc) is 3.27. The molecule has 224 valence electrons. The Balaban J connectivity index is 0.000000445. The normalized spacial score (nSPS) is 12.0. The van der Waals surface area contributed by atoms with Gasteiger partial charge in [-0.3, -0.25) is 28.3 Å². The van der Waals surface area contributed by atoms with Crippen molar-refractivity contribution in [1.82, 2.24) is 9.13 Å². The van der Waals surface area contributed by atoms with E-state index < -0.39 is 27.7 Å². The number of benzene rings is 2. The summed E-state index contributed by atoms with van der Waals surface area (Å²) in [7, 11) is 0. The zero-order chi connectivity index (χ0) is 30.2. The van der Waals surface area contributed by atoms with Crippen LogP contribution in [-0.4, -0.2) is 67.7 Å². The number of aliphatic hydroxyl groups excluding tert-OH is 5. The molecule has 11 heteroatoms. The van der Waals surface area contributed by atoms with Gasteiger partial charge in [-0.25, -0.2) is 0 Å². The third-order valence-electron chi connectivity index (χ3n) is 7.90. The maximum Gasteiger partial charge on any atom is 0.261 e. The molecule has 0 spiro atoms. The molecule has 0 amide bonds. The summed E-state index contributed by atoms with van der Waals surface area (Å²) in [6.07, 6.45) is 4.26. The highest BCUT2D eigenvalue weighted by Crippen LogP contribution is 2.28. The monoisotopic (exact) mass is 572 g/mol. The highest BCUT2D eigenvalue weighted by atomic mass is 16.3. The van der Waals surface area contributed by atoms with Gasteiger partial charge in [-0.15, -0.1) is 0 Å². The van der Waals surface area contributed by atoms with Gasteiger partial charge in [0.1, 0.15) is 0 Å². The SMILES string of the molecule is CCC(CO)(CO)CO.O=c1c2ccc(c(=O)n1CCCCCO)c1c3ccc(c(=O)n(CCCCCO)c3=O)c21. The Labute approximate surface area is 236 Å². The lowest BCUT2D eigenvalue weighted by Gasteiger charge is -2.24. The van der Waals surface area contributed by atoms with Crippen LogP contribution in [0.3, 0.4) is 0 Å². The number of rotatable bonds is 14. The van der Waals surface area contributed by atoms with Crippen molar-refractivity contribution in [2.24, 2.45) is 5.41 Å². The number of fused-ring (bicyclic) bond motifs is 6. The van der Waals surface area contributed by atoms with E-state index in [0.29, 0.717) is 55.7 Å². The number of hydrogen-bond donors (Lipinski definition) is 5. The van der Waals surface area contributed by atoms with Crippen LogP contribution < -0.4 is 22.2 Å². The first-order chi connectivity index (χ1) is 19.7. The number of aromatic nitrogens is 2. The molecule has 0 atom stereocenters. The Morgan fingerprint density at radius 2 is 0.854 bits per heavy atom. The molecule has 5 N–H and O–H groups in total. The van der Waals surface area contributed by atoms with Crippen molar-refractivity contribution in [3.63, 3.8) is 0 Å². The smallest absolute Gasteiger partial charge is 0.261 e. The molecule has 0 aliphatic heterocycles. The summed E-state index contributed by atoms with van der Waals surface area (Å²) in [5.74, 6) is 0. The summed E-state index contributed by atoms with van der Waals surface area (Å²) >= 11 is 0. The van der Waals surface area contributed by atoms with Gasteiger partial charge >= 0.3 is 0 Å². The molecular weight excluding hydrogens is 532 g/mol. The van der Waals surface area contributed by atoms with Crippen LogP contribution in [0.15, 0.2) is 43.4 Å². The second-order valence-corrected chi connectivity index (χ2v) is 10.5. The second-order valence-electron chi connectivity index (χ2n) is 10.5. The fourth-order valence-electron chi connectivity index (χ4n) is 4.98. The summed E-state index contributed by atoms with van der Waals surface area (Å²) in [4.78, 5) is 53.1. The van der Waals surface area contributed by atoms with Gasteiger partial charge in [-0.2, -0.15) is 0 Å². The zero-order valence-electron chi connectivity index (χ0n) is 23.5. The summed E-state index contributed by atoms with van der Waals surface area (Å²) < 4.78 is 2.36. The van der Waals surface area contributed by atoms with Crippen LogP contribution in [0.25, 0.3) is 32.3 Å². The lowest BCUT2D eigenvalue weighted by atomic mass is 9.88. The van der Waals surface area contributed by atoms with Crippen LogP contribution >= 0.6 is 0 Å². The highest BCUT2D eigenvalue weighted by molar-refractivity contribution is 6.22. The molecule has 41 heavy (non-hydrogen) atoms. The molecular formula is C30H40N2O9. The zero-order valence-corrected chi connectivity index (χ0v) is 23.5. The lowest BCUT2D eigenvalue weighted by molar-refractivity contribution is 0.00304. The quantitative estimate of drug-likeness (QED) is 0.136. The molecule has 0 unspecified atom stereocenters. The summed E-state index contributed by atoms with van der Waals surface area (Å²) in [6, 6.07) is 6.25. The summed E-state index contributed by atoms with van der Waals surface area (Å²) in [6.45, 7) is 1.88. The molecule has 6 aromatic rings. The van der Waals surface area contributed by atoms with Gasteiger partial charge in [-0.05, 0) is 69.2 Å². The predicted molar refractivity (Wildman–Crippen MR) is 158 cm³/mol. The number of aliphatic hydroxyl groups is 5. The van der Waals surface area contributed by atoms with E-state index in [1.54, 1.807) is 24.3 Å². The lowest BCUT2D eigenvalue weighted by Crippen LogP contribution is -2.32. The fourth-order valence-corrected chi connectivity index (χ4v) is 4.98. The van der Waals surface area contributed by atoms with Crippen LogP contribution in [-0.2, 0) is 13.1 Å². The van der Waals surface area contributed by atoms with Crippen molar-refractivity contribution in [2.75, 3.05) is 33.0 Å². The topological polar surface area (TPSA) is 179 Å². The average molecular weight is 573 g/mol. The molecule has 0 fully saturated rings. The molecule has 2 aromatic carbocycles. The van der Waals surface area contributed by atoms with Crippen LogP contribution in [0, 0.1) is 5.41 Å². The third kappa shape index (κ3) is 6.49. The Hall–Kier alpha value is -3.22. The molecule has 4 heterocycles. The van der Waals surface area contributed by atoms with Crippen molar-refractivity contribution < 1.29 is 25.5 Å². The molecule has 0 aliphatic rings. The molecule has 0 saturated carbocycles. The first-order valence-corrected chi connectivity index (χ1v) is 14.1. The number of hydrogen-bond acceptors (Lipinski definition) is 9. The van der Waals surface area contributed by atoms with E-state index >= 15 is 0 Å². The molecule has 11 nitrogen and oxygen atoms in total. The Morgan fingerprint density at radius 1 is 0.537 bits per heavy atom. The largest absolute Gasteiger partial charge is 0.396 e. The third-order valence-corrected chi connectivity index (χ3v) is 7.90. The molecule has 0 aliphatic carbocycles. The van der Waals surface area contributed by atoms with Crippen LogP contribution in [0.1, 0.15) is 51.9 Å². The van der Waals surface area contributed by atoms with Crippen molar-refractivity contribution >= 4 is 32.3 Å². The minimum atomic E-state index is -0.667. The van der Waals surface area contributed by atoms with E-state index in [2.05, 4.69) is 0 Å². The minimum Gasteiger partial charge on any atom is -0.396 e. The summed E-state index contributed by atoms with van der Waals surface area (Å²) in [5.41, 5.74) is -2.56. The van der Waals surface area contributed by atoms with E-state index in [1.165, 1.54) is 9.13 Å². The minimum absolute atomic E-state index is 0.0527. The van der Waals surface area contributed by atoms with E-state index in [-0.39, 0.29) is 67.7 Å². The van der Waals surface area contributed by atoms with Gasteiger partial charge < -0.3 is 25.5 Å². The second kappa shape index (κ2) is 14.6. The fraction of sp³-hybridized carbons (Fsp3) is 0.533. The van der Waals surface area contributed by atoms with E-state index in [9.17, 15) is 19.2 Å². The summed E-state index contributed by atoms with van der Waals surface area (Å²) in [5, 5.41) is 45.6. The van der Waals surface area contributed by atoms with Gasteiger partial charge in [0.05, 0.1) is 19.8 Å². The first kappa shape index (κ1) is 32.3. The van der Waals surface area contributed by atoms with E-state index in [1.807, 2.05) is 6.92 Å². The van der Waals surface area contributed by atoms with Crippen LogP contribution in [0.5, 0.6) is 0 Å². The molecule has 4 aromatic heterocycles. The maximum atomic E-state index is 13.3. The predicted octanol–water partition coefficient (Wildman–Crippen LogP) is 0.750.